The number of carbonyl (C=O) groups is 1. The van der Waals surface area contributed by atoms with Crippen molar-refractivity contribution in [2.24, 2.45) is 0 Å². The SMILES string of the molecule is N#C/C(=C\c1cc2c(cc1Br)OCO2)C(=O)Nc1ccc(Cl)c(Cl)c1. The monoisotopic (exact) mass is 438 g/mol. The van der Waals surface area contributed by atoms with E-state index >= 15 is 0 Å². The normalized spacial score (nSPS) is 12.6. The summed E-state index contributed by atoms with van der Waals surface area (Å²) in [7, 11) is 0. The minimum absolute atomic E-state index is 0.0781. The van der Waals surface area contributed by atoms with Crippen LogP contribution in [0.4, 0.5) is 5.69 Å². The highest BCUT2D eigenvalue weighted by Gasteiger charge is 2.17. The zero-order chi connectivity index (χ0) is 18.0. The molecule has 126 valence electrons. The van der Waals surface area contributed by atoms with Crippen molar-refractivity contribution >= 4 is 56.8 Å². The summed E-state index contributed by atoms with van der Waals surface area (Å²) in [5.74, 6) is 0.588. The molecule has 0 saturated heterocycles. The number of nitriles is 1. The Kier molecular flexibility index (Phi) is 5.19. The lowest BCUT2D eigenvalue weighted by molar-refractivity contribution is -0.112. The van der Waals surface area contributed by atoms with Gasteiger partial charge in [0.1, 0.15) is 11.6 Å². The van der Waals surface area contributed by atoms with Crippen LogP contribution in [0.3, 0.4) is 0 Å². The predicted molar refractivity (Wildman–Crippen MR) is 98.9 cm³/mol. The van der Waals surface area contributed by atoms with E-state index in [9.17, 15) is 10.1 Å². The smallest absolute Gasteiger partial charge is 0.266 e. The molecule has 3 rings (SSSR count). The minimum atomic E-state index is -0.564. The van der Waals surface area contributed by atoms with E-state index in [0.717, 1.165) is 0 Å². The average molecular weight is 440 g/mol. The first kappa shape index (κ1) is 17.6. The summed E-state index contributed by atoms with van der Waals surface area (Å²) >= 11 is 15.2. The molecule has 0 bridgehead atoms. The summed E-state index contributed by atoms with van der Waals surface area (Å²) < 4.78 is 11.3. The van der Waals surface area contributed by atoms with Crippen molar-refractivity contribution in [3.8, 4) is 17.6 Å². The summed E-state index contributed by atoms with van der Waals surface area (Å²) in [5, 5.41) is 12.6. The number of nitrogens with zero attached hydrogens (tertiary/aromatic N) is 1. The third-order valence-corrected chi connectivity index (χ3v) is 4.76. The standard InChI is InChI=1S/C17H9BrCl2N2O3/c18-12-6-16-15(24-8-25-16)4-9(12)3-10(7-21)17(23)22-11-1-2-13(19)14(20)5-11/h1-6H,8H2,(H,22,23)/b10-3+. The van der Waals surface area contributed by atoms with Crippen LogP contribution in [0.5, 0.6) is 11.5 Å². The molecule has 0 saturated carbocycles. The fourth-order valence-corrected chi connectivity index (χ4v) is 2.85. The van der Waals surface area contributed by atoms with Crippen LogP contribution in [0.25, 0.3) is 6.08 Å². The van der Waals surface area contributed by atoms with Gasteiger partial charge in [0.25, 0.3) is 5.91 Å². The number of nitrogens with one attached hydrogen (secondary N) is 1. The molecule has 1 N–H and O–H groups in total. The summed E-state index contributed by atoms with van der Waals surface area (Å²) in [4.78, 5) is 12.3. The Labute approximate surface area is 161 Å². The van der Waals surface area contributed by atoms with Crippen molar-refractivity contribution in [3.63, 3.8) is 0 Å². The topological polar surface area (TPSA) is 71.3 Å². The molecule has 1 aliphatic heterocycles. The van der Waals surface area contributed by atoms with Crippen molar-refractivity contribution in [1.82, 2.24) is 0 Å². The van der Waals surface area contributed by atoms with E-state index < -0.39 is 5.91 Å². The average Bonchev–Trinajstić information content (AvgIpc) is 3.02. The van der Waals surface area contributed by atoms with E-state index in [2.05, 4.69) is 21.2 Å². The molecule has 0 radical (unpaired) electrons. The van der Waals surface area contributed by atoms with Gasteiger partial charge in [0.15, 0.2) is 11.5 Å². The first-order chi connectivity index (χ1) is 12.0. The second-order valence-corrected chi connectivity index (χ2v) is 6.65. The number of benzene rings is 2. The molecule has 1 amide bonds. The highest BCUT2D eigenvalue weighted by atomic mass is 79.9. The van der Waals surface area contributed by atoms with Crippen molar-refractivity contribution in [2.75, 3.05) is 12.1 Å². The number of halogens is 3. The van der Waals surface area contributed by atoms with Crippen LogP contribution < -0.4 is 14.8 Å². The largest absolute Gasteiger partial charge is 0.454 e. The number of fused-ring (bicyclic) bond motifs is 1. The molecule has 0 fully saturated rings. The maximum absolute atomic E-state index is 12.3. The third-order valence-electron chi connectivity index (χ3n) is 3.33. The summed E-state index contributed by atoms with van der Waals surface area (Å²) in [5.41, 5.74) is 0.973. The van der Waals surface area contributed by atoms with E-state index in [1.807, 2.05) is 6.07 Å². The fourth-order valence-electron chi connectivity index (χ4n) is 2.12. The first-order valence-electron chi connectivity index (χ1n) is 6.95. The molecule has 0 aliphatic carbocycles. The van der Waals surface area contributed by atoms with E-state index in [0.29, 0.717) is 37.3 Å². The second kappa shape index (κ2) is 7.36. The number of hydrogen-bond acceptors (Lipinski definition) is 4. The van der Waals surface area contributed by atoms with Gasteiger partial charge in [-0.25, -0.2) is 0 Å². The fraction of sp³-hybridized carbons (Fsp3) is 0.0588. The Bertz CT molecular complexity index is 938. The van der Waals surface area contributed by atoms with Crippen molar-refractivity contribution < 1.29 is 14.3 Å². The zero-order valence-corrected chi connectivity index (χ0v) is 15.6. The number of anilines is 1. The lowest BCUT2D eigenvalue weighted by atomic mass is 10.1. The van der Waals surface area contributed by atoms with Gasteiger partial charge in [-0.15, -0.1) is 0 Å². The molecule has 0 unspecified atom stereocenters. The van der Waals surface area contributed by atoms with Crippen LogP contribution in [0.15, 0.2) is 40.4 Å². The van der Waals surface area contributed by atoms with Gasteiger partial charge in [0.2, 0.25) is 6.79 Å². The van der Waals surface area contributed by atoms with E-state index in [1.165, 1.54) is 12.1 Å². The predicted octanol–water partition coefficient (Wildman–Crippen LogP) is 5.03. The first-order valence-corrected chi connectivity index (χ1v) is 8.50. The van der Waals surface area contributed by atoms with Gasteiger partial charge in [0.05, 0.1) is 10.0 Å². The molecule has 0 atom stereocenters. The maximum atomic E-state index is 12.3. The van der Waals surface area contributed by atoms with Gasteiger partial charge in [-0.2, -0.15) is 5.26 Å². The summed E-state index contributed by atoms with van der Waals surface area (Å²) in [6, 6.07) is 9.96. The molecule has 2 aromatic rings. The summed E-state index contributed by atoms with van der Waals surface area (Å²) in [6.07, 6.45) is 1.46. The van der Waals surface area contributed by atoms with Crippen LogP contribution in [0, 0.1) is 11.3 Å². The van der Waals surface area contributed by atoms with Gasteiger partial charge >= 0.3 is 0 Å². The maximum Gasteiger partial charge on any atom is 0.266 e. The van der Waals surface area contributed by atoms with Crippen LogP contribution in [-0.2, 0) is 4.79 Å². The van der Waals surface area contributed by atoms with E-state index in [1.54, 1.807) is 24.3 Å². The Morgan fingerprint density at radius 2 is 1.92 bits per heavy atom. The number of rotatable bonds is 3. The van der Waals surface area contributed by atoms with Crippen LogP contribution >= 0.6 is 39.1 Å². The molecule has 2 aromatic carbocycles. The third kappa shape index (κ3) is 3.90. The van der Waals surface area contributed by atoms with Gasteiger partial charge in [0, 0.05) is 10.2 Å². The molecule has 0 spiro atoms. The van der Waals surface area contributed by atoms with Crippen LogP contribution in [0.2, 0.25) is 10.0 Å². The highest BCUT2D eigenvalue weighted by Crippen LogP contribution is 2.37. The lowest BCUT2D eigenvalue weighted by Gasteiger charge is -2.06. The highest BCUT2D eigenvalue weighted by molar-refractivity contribution is 9.10. The molecule has 25 heavy (non-hydrogen) atoms. The van der Waals surface area contributed by atoms with E-state index in [-0.39, 0.29) is 12.4 Å². The quantitative estimate of drug-likeness (QED) is 0.537. The van der Waals surface area contributed by atoms with Crippen LogP contribution in [-0.4, -0.2) is 12.7 Å². The molecular formula is C17H9BrCl2N2O3. The van der Waals surface area contributed by atoms with Crippen molar-refractivity contribution in [3.05, 3.63) is 56.0 Å². The van der Waals surface area contributed by atoms with Crippen molar-refractivity contribution in [1.29, 1.82) is 5.26 Å². The Hall–Kier alpha value is -2.20. The van der Waals surface area contributed by atoms with E-state index in [4.69, 9.17) is 32.7 Å². The number of hydrogen-bond donors (Lipinski definition) is 1. The van der Waals surface area contributed by atoms with Crippen molar-refractivity contribution in [2.45, 2.75) is 0 Å². The molecule has 0 aromatic heterocycles. The Balaban J connectivity index is 1.86. The van der Waals surface area contributed by atoms with Gasteiger partial charge < -0.3 is 14.8 Å². The molecule has 8 heteroatoms. The molecule has 1 heterocycles. The van der Waals surface area contributed by atoms with Crippen LogP contribution in [0.1, 0.15) is 5.56 Å². The number of carbonyl (C=O) groups excluding carboxylic acids is 1. The molecule has 5 nitrogen and oxygen atoms in total. The Morgan fingerprint density at radius 3 is 2.60 bits per heavy atom. The zero-order valence-electron chi connectivity index (χ0n) is 12.5. The van der Waals surface area contributed by atoms with Gasteiger partial charge in [-0.1, -0.05) is 39.1 Å². The Morgan fingerprint density at radius 1 is 1.20 bits per heavy atom. The minimum Gasteiger partial charge on any atom is -0.454 e. The van der Waals surface area contributed by atoms with Gasteiger partial charge in [-0.3, -0.25) is 4.79 Å². The molecule has 1 aliphatic rings. The van der Waals surface area contributed by atoms with Gasteiger partial charge in [-0.05, 0) is 42.0 Å². The number of ether oxygens (including phenoxy) is 2. The second-order valence-electron chi connectivity index (χ2n) is 4.98. The molecular weight excluding hydrogens is 431 g/mol. The number of amides is 1. The summed E-state index contributed by atoms with van der Waals surface area (Å²) in [6.45, 7) is 0.137. The lowest BCUT2D eigenvalue weighted by Crippen LogP contribution is -2.13.